The van der Waals surface area contributed by atoms with Crippen LogP contribution in [0.4, 0.5) is 0 Å². The molecule has 2 heteroatoms. The maximum atomic E-state index is 6.26. The van der Waals surface area contributed by atoms with Crippen LogP contribution < -0.4 is 5.73 Å². The summed E-state index contributed by atoms with van der Waals surface area (Å²) in [6.07, 6.45) is 4.72. The molecule has 1 heterocycles. The Hall–Kier alpha value is -0.890. The van der Waals surface area contributed by atoms with Gasteiger partial charge in [-0.1, -0.05) is 19.9 Å². The summed E-state index contributed by atoms with van der Waals surface area (Å²) in [6.45, 7) is 6.37. The van der Waals surface area contributed by atoms with Crippen molar-refractivity contribution in [3.8, 4) is 0 Å². The van der Waals surface area contributed by atoms with E-state index in [1.165, 1.54) is 5.56 Å². The predicted molar refractivity (Wildman–Crippen MR) is 60.2 cm³/mol. The molecule has 2 nitrogen and oxygen atoms in total. The van der Waals surface area contributed by atoms with Gasteiger partial charge in [0.05, 0.1) is 0 Å². The number of pyridine rings is 1. The van der Waals surface area contributed by atoms with Gasteiger partial charge in [-0.25, -0.2) is 0 Å². The standard InChI is InChI=1S/C12H20N2/c1-4-12(13,5-2)9-11-10(3)7-6-8-14-11/h6-8H,4-5,9,13H2,1-3H3. The van der Waals surface area contributed by atoms with Gasteiger partial charge in [0, 0.05) is 23.9 Å². The minimum absolute atomic E-state index is 0.0842. The van der Waals surface area contributed by atoms with E-state index in [1.54, 1.807) is 0 Å². The quantitative estimate of drug-likeness (QED) is 0.795. The van der Waals surface area contributed by atoms with Crippen LogP contribution in [0.15, 0.2) is 18.3 Å². The number of aromatic nitrogens is 1. The molecule has 0 aliphatic rings. The predicted octanol–water partition coefficient (Wildman–Crippen LogP) is 2.45. The average Bonchev–Trinajstić information content (AvgIpc) is 2.21. The lowest BCUT2D eigenvalue weighted by molar-refractivity contribution is 0.389. The van der Waals surface area contributed by atoms with Crippen molar-refractivity contribution in [1.29, 1.82) is 0 Å². The van der Waals surface area contributed by atoms with Gasteiger partial charge in [0.15, 0.2) is 0 Å². The van der Waals surface area contributed by atoms with Crippen LogP contribution in [0, 0.1) is 6.92 Å². The third-order valence-electron chi connectivity index (χ3n) is 3.05. The lowest BCUT2D eigenvalue weighted by atomic mass is 9.88. The van der Waals surface area contributed by atoms with E-state index in [-0.39, 0.29) is 5.54 Å². The van der Waals surface area contributed by atoms with Crippen LogP contribution in [-0.2, 0) is 6.42 Å². The summed E-state index contributed by atoms with van der Waals surface area (Å²) in [4.78, 5) is 4.38. The fourth-order valence-electron chi connectivity index (χ4n) is 1.54. The number of nitrogens with zero attached hydrogens (tertiary/aromatic N) is 1. The van der Waals surface area contributed by atoms with Crippen LogP contribution in [0.25, 0.3) is 0 Å². The van der Waals surface area contributed by atoms with E-state index in [2.05, 4.69) is 31.8 Å². The van der Waals surface area contributed by atoms with E-state index in [4.69, 9.17) is 5.73 Å². The lowest BCUT2D eigenvalue weighted by Gasteiger charge is -2.26. The molecule has 2 N–H and O–H groups in total. The van der Waals surface area contributed by atoms with Gasteiger partial charge in [-0.15, -0.1) is 0 Å². The van der Waals surface area contributed by atoms with Crippen molar-refractivity contribution >= 4 is 0 Å². The summed E-state index contributed by atoms with van der Waals surface area (Å²) < 4.78 is 0. The molecule has 1 aromatic rings. The lowest BCUT2D eigenvalue weighted by Crippen LogP contribution is -2.41. The van der Waals surface area contributed by atoms with E-state index in [0.29, 0.717) is 0 Å². The molecule has 78 valence electrons. The van der Waals surface area contributed by atoms with Gasteiger partial charge >= 0.3 is 0 Å². The first-order valence-electron chi connectivity index (χ1n) is 5.30. The highest BCUT2D eigenvalue weighted by Gasteiger charge is 2.21. The summed E-state index contributed by atoms with van der Waals surface area (Å²) in [5, 5.41) is 0. The minimum atomic E-state index is -0.0842. The zero-order chi connectivity index (χ0) is 10.6. The molecule has 1 aromatic heterocycles. The molecule has 0 aliphatic heterocycles. The summed E-state index contributed by atoms with van der Waals surface area (Å²) in [5.41, 5.74) is 8.55. The number of hydrogen-bond donors (Lipinski definition) is 1. The van der Waals surface area contributed by atoms with Crippen molar-refractivity contribution in [2.24, 2.45) is 5.73 Å². The molecule has 0 radical (unpaired) electrons. The Morgan fingerprint density at radius 3 is 2.50 bits per heavy atom. The van der Waals surface area contributed by atoms with Crippen molar-refractivity contribution < 1.29 is 0 Å². The van der Waals surface area contributed by atoms with E-state index in [9.17, 15) is 0 Å². The van der Waals surface area contributed by atoms with E-state index in [0.717, 1.165) is 25.0 Å². The number of rotatable bonds is 4. The highest BCUT2D eigenvalue weighted by atomic mass is 14.8. The Balaban J connectivity index is 2.82. The van der Waals surface area contributed by atoms with Crippen molar-refractivity contribution in [2.45, 2.75) is 45.6 Å². The fourth-order valence-corrected chi connectivity index (χ4v) is 1.54. The van der Waals surface area contributed by atoms with Gasteiger partial charge in [-0.2, -0.15) is 0 Å². The Labute approximate surface area is 86.5 Å². The highest BCUT2D eigenvalue weighted by Crippen LogP contribution is 2.18. The van der Waals surface area contributed by atoms with Crippen molar-refractivity contribution in [2.75, 3.05) is 0 Å². The van der Waals surface area contributed by atoms with Crippen LogP contribution in [0.5, 0.6) is 0 Å². The molecule has 0 amide bonds. The molecule has 0 bridgehead atoms. The van der Waals surface area contributed by atoms with Gasteiger partial charge in [0.25, 0.3) is 0 Å². The van der Waals surface area contributed by atoms with Crippen molar-refractivity contribution in [3.63, 3.8) is 0 Å². The smallest absolute Gasteiger partial charge is 0.0451 e. The third kappa shape index (κ3) is 2.55. The summed E-state index contributed by atoms with van der Waals surface area (Å²) in [6, 6.07) is 4.06. The van der Waals surface area contributed by atoms with Crippen LogP contribution in [-0.4, -0.2) is 10.5 Å². The Morgan fingerprint density at radius 1 is 1.36 bits per heavy atom. The monoisotopic (exact) mass is 192 g/mol. The van der Waals surface area contributed by atoms with E-state index in [1.807, 2.05) is 12.3 Å². The topological polar surface area (TPSA) is 38.9 Å². The highest BCUT2D eigenvalue weighted by molar-refractivity contribution is 5.19. The SMILES string of the molecule is CCC(N)(CC)Cc1ncccc1C. The minimum Gasteiger partial charge on any atom is -0.325 e. The molecular weight excluding hydrogens is 172 g/mol. The van der Waals surface area contributed by atoms with E-state index < -0.39 is 0 Å². The second-order valence-electron chi connectivity index (χ2n) is 4.01. The Kier molecular flexibility index (Phi) is 3.64. The van der Waals surface area contributed by atoms with Crippen LogP contribution in [0.2, 0.25) is 0 Å². The summed E-state index contributed by atoms with van der Waals surface area (Å²) in [7, 11) is 0. The largest absolute Gasteiger partial charge is 0.325 e. The zero-order valence-electron chi connectivity index (χ0n) is 9.38. The van der Waals surface area contributed by atoms with Gasteiger partial charge in [0.2, 0.25) is 0 Å². The Bertz CT molecular complexity index is 290. The molecule has 0 saturated heterocycles. The molecule has 0 spiro atoms. The number of aryl methyl sites for hydroxylation is 1. The molecular formula is C12H20N2. The molecule has 0 aromatic carbocycles. The zero-order valence-corrected chi connectivity index (χ0v) is 9.38. The maximum absolute atomic E-state index is 6.26. The summed E-state index contributed by atoms with van der Waals surface area (Å²) in [5.74, 6) is 0. The normalized spacial score (nSPS) is 11.7. The molecule has 14 heavy (non-hydrogen) atoms. The average molecular weight is 192 g/mol. The summed E-state index contributed by atoms with van der Waals surface area (Å²) >= 11 is 0. The first-order valence-corrected chi connectivity index (χ1v) is 5.30. The fraction of sp³-hybridized carbons (Fsp3) is 0.583. The first kappa shape index (κ1) is 11.2. The molecule has 0 aliphatic carbocycles. The Morgan fingerprint density at radius 2 is 2.00 bits per heavy atom. The van der Waals surface area contributed by atoms with Crippen molar-refractivity contribution in [1.82, 2.24) is 4.98 Å². The van der Waals surface area contributed by atoms with Crippen molar-refractivity contribution in [3.05, 3.63) is 29.6 Å². The number of nitrogens with two attached hydrogens (primary N) is 1. The van der Waals surface area contributed by atoms with Gasteiger partial charge in [-0.05, 0) is 31.4 Å². The molecule has 0 fully saturated rings. The maximum Gasteiger partial charge on any atom is 0.0451 e. The van der Waals surface area contributed by atoms with Gasteiger partial charge in [0.1, 0.15) is 0 Å². The van der Waals surface area contributed by atoms with Crippen LogP contribution in [0.1, 0.15) is 37.9 Å². The van der Waals surface area contributed by atoms with E-state index >= 15 is 0 Å². The van der Waals surface area contributed by atoms with Gasteiger partial charge < -0.3 is 5.73 Å². The van der Waals surface area contributed by atoms with Crippen LogP contribution in [0.3, 0.4) is 0 Å². The second kappa shape index (κ2) is 4.56. The molecule has 0 unspecified atom stereocenters. The third-order valence-corrected chi connectivity index (χ3v) is 3.05. The number of hydrogen-bond acceptors (Lipinski definition) is 2. The molecule has 0 atom stereocenters. The first-order chi connectivity index (χ1) is 6.61. The second-order valence-corrected chi connectivity index (χ2v) is 4.01. The molecule has 1 rings (SSSR count). The van der Waals surface area contributed by atoms with Crippen LogP contribution >= 0.6 is 0 Å². The van der Waals surface area contributed by atoms with Gasteiger partial charge in [-0.3, -0.25) is 4.98 Å². The molecule has 0 saturated carbocycles.